The number of likely N-dealkylation sites (tertiary alicyclic amines) is 1. The van der Waals surface area contributed by atoms with Gasteiger partial charge in [-0.25, -0.2) is 18.4 Å². The van der Waals surface area contributed by atoms with Gasteiger partial charge in [-0.05, 0) is 42.0 Å². The molecule has 2 amide bonds. The molecule has 2 fully saturated rings. The maximum Gasteiger partial charge on any atom is 0.282 e. The van der Waals surface area contributed by atoms with Crippen molar-refractivity contribution in [3.8, 4) is 16.8 Å². The van der Waals surface area contributed by atoms with Crippen molar-refractivity contribution in [3.05, 3.63) is 88.6 Å². The van der Waals surface area contributed by atoms with Gasteiger partial charge in [0.1, 0.15) is 11.6 Å². The third-order valence-electron chi connectivity index (χ3n) is 7.04. The van der Waals surface area contributed by atoms with Crippen molar-refractivity contribution in [2.24, 2.45) is 0 Å². The molecule has 0 N–H and O–H groups in total. The average molecular weight is 535 g/mol. The molecule has 2 saturated heterocycles. The molecule has 0 aliphatic carbocycles. The number of aromatic nitrogens is 3. The van der Waals surface area contributed by atoms with Gasteiger partial charge in [-0.15, -0.1) is 11.3 Å². The highest BCUT2D eigenvalue weighted by molar-refractivity contribution is 7.11. The molecule has 4 heterocycles. The van der Waals surface area contributed by atoms with Gasteiger partial charge >= 0.3 is 0 Å². The Labute approximate surface area is 221 Å². The van der Waals surface area contributed by atoms with Crippen LogP contribution in [0.4, 0.5) is 8.78 Å². The Morgan fingerprint density at radius 3 is 2.24 bits per heavy atom. The van der Waals surface area contributed by atoms with Crippen LogP contribution in [0.5, 0.6) is 0 Å². The highest BCUT2D eigenvalue weighted by Gasteiger charge is 2.37. The van der Waals surface area contributed by atoms with Crippen LogP contribution in [0.2, 0.25) is 0 Å². The molecule has 6 rings (SSSR count). The number of carbonyl (C=O) groups excluding carboxylic acids is 2. The number of carbonyl (C=O) groups is 2. The van der Waals surface area contributed by atoms with Gasteiger partial charge in [0.25, 0.3) is 11.8 Å². The minimum absolute atomic E-state index is 0.0114. The predicted octanol–water partition coefficient (Wildman–Crippen LogP) is 3.56. The molecule has 2 aliphatic heterocycles. The van der Waals surface area contributed by atoms with Gasteiger partial charge in [0.2, 0.25) is 0 Å². The largest absolute Gasteiger partial charge is 0.335 e. The lowest BCUT2D eigenvalue weighted by Crippen LogP contribution is -2.64. The van der Waals surface area contributed by atoms with Crippen molar-refractivity contribution in [1.82, 2.24) is 29.5 Å². The molecule has 2 aliphatic rings. The number of piperazine rings is 1. The summed E-state index contributed by atoms with van der Waals surface area (Å²) in [6.45, 7) is 4.21. The van der Waals surface area contributed by atoms with Gasteiger partial charge in [-0.2, -0.15) is 5.10 Å². The second kappa shape index (κ2) is 10.1. The second-order valence-corrected chi connectivity index (χ2v) is 10.3. The summed E-state index contributed by atoms with van der Waals surface area (Å²) >= 11 is 1.36. The van der Waals surface area contributed by atoms with E-state index in [4.69, 9.17) is 0 Å². The van der Waals surface area contributed by atoms with E-state index in [1.54, 1.807) is 47.5 Å². The fourth-order valence-corrected chi connectivity index (χ4v) is 5.48. The molecule has 4 aromatic rings. The third-order valence-corrected chi connectivity index (χ3v) is 7.80. The van der Waals surface area contributed by atoms with Crippen LogP contribution in [-0.2, 0) is 0 Å². The van der Waals surface area contributed by atoms with Crippen molar-refractivity contribution in [1.29, 1.82) is 0 Å². The zero-order valence-electron chi connectivity index (χ0n) is 20.3. The average Bonchev–Trinajstić information content (AvgIpc) is 3.60. The minimum atomic E-state index is -0.645. The fraction of sp³-hybridized carbons (Fsp3) is 0.259. The highest BCUT2D eigenvalue weighted by Crippen LogP contribution is 2.24. The minimum Gasteiger partial charge on any atom is -0.335 e. The molecular weight excluding hydrogens is 510 g/mol. The second-order valence-electron chi connectivity index (χ2n) is 9.41. The van der Waals surface area contributed by atoms with Gasteiger partial charge in [0, 0.05) is 80.3 Å². The van der Waals surface area contributed by atoms with E-state index in [9.17, 15) is 18.4 Å². The first-order valence-corrected chi connectivity index (χ1v) is 13.2. The molecule has 0 atom stereocenters. The Kier molecular flexibility index (Phi) is 6.46. The highest BCUT2D eigenvalue weighted by atomic mass is 32.1. The summed E-state index contributed by atoms with van der Waals surface area (Å²) in [6.07, 6.45) is 4.88. The lowest BCUT2D eigenvalue weighted by molar-refractivity contribution is 0.00853. The van der Waals surface area contributed by atoms with E-state index in [0.717, 1.165) is 24.8 Å². The number of thiazole rings is 1. The van der Waals surface area contributed by atoms with E-state index in [0.29, 0.717) is 53.9 Å². The molecule has 8 nitrogen and oxygen atoms in total. The van der Waals surface area contributed by atoms with Crippen molar-refractivity contribution < 1.29 is 18.4 Å². The number of hydrogen-bond acceptors (Lipinski definition) is 6. The standard InChI is InChI=1S/C27H24F2N6O2S/c28-21-11-19(12-22(29)13-21)20-14-31-35(15-20)23-3-1-18(2-4-23)26(36)34-16-24(17-34)32-6-8-33(9-7-32)27(37)25-30-5-10-38-25/h1-5,10-15,24H,6-9,16-17H2. The first-order chi connectivity index (χ1) is 18.4. The Morgan fingerprint density at radius 1 is 0.868 bits per heavy atom. The van der Waals surface area contributed by atoms with E-state index in [1.165, 1.54) is 23.5 Å². The van der Waals surface area contributed by atoms with Gasteiger partial charge in [-0.3, -0.25) is 14.5 Å². The van der Waals surface area contributed by atoms with Crippen LogP contribution in [0.25, 0.3) is 16.8 Å². The molecule has 0 unspecified atom stereocenters. The first-order valence-electron chi connectivity index (χ1n) is 12.3. The van der Waals surface area contributed by atoms with Crippen molar-refractivity contribution in [2.75, 3.05) is 39.3 Å². The van der Waals surface area contributed by atoms with E-state index in [2.05, 4.69) is 15.0 Å². The first kappa shape index (κ1) is 24.4. The predicted molar refractivity (Wildman–Crippen MR) is 138 cm³/mol. The molecule has 0 radical (unpaired) electrons. The van der Waals surface area contributed by atoms with Crippen LogP contribution >= 0.6 is 11.3 Å². The van der Waals surface area contributed by atoms with E-state index >= 15 is 0 Å². The van der Waals surface area contributed by atoms with Crippen LogP contribution < -0.4 is 0 Å². The van der Waals surface area contributed by atoms with Gasteiger partial charge in [-0.1, -0.05) is 0 Å². The molecule has 194 valence electrons. The van der Waals surface area contributed by atoms with Crippen molar-refractivity contribution in [3.63, 3.8) is 0 Å². The Morgan fingerprint density at radius 2 is 1.58 bits per heavy atom. The Bertz CT molecular complexity index is 1440. The number of rotatable bonds is 5. The summed E-state index contributed by atoms with van der Waals surface area (Å²) in [7, 11) is 0. The van der Waals surface area contributed by atoms with Gasteiger partial charge < -0.3 is 9.80 Å². The molecule has 2 aromatic carbocycles. The van der Waals surface area contributed by atoms with Gasteiger partial charge in [0.05, 0.1) is 11.9 Å². The van der Waals surface area contributed by atoms with Crippen LogP contribution in [0.15, 0.2) is 66.4 Å². The summed E-state index contributed by atoms with van der Waals surface area (Å²) in [5.41, 5.74) is 2.31. The van der Waals surface area contributed by atoms with Crippen molar-refractivity contribution >= 4 is 23.2 Å². The zero-order chi connectivity index (χ0) is 26.2. The summed E-state index contributed by atoms with van der Waals surface area (Å²) in [6, 6.07) is 10.8. The summed E-state index contributed by atoms with van der Waals surface area (Å²) in [5.74, 6) is -1.33. The third kappa shape index (κ3) is 4.82. The fourth-order valence-electron chi connectivity index (χ4n) is 4.88. The molecule has 0 saturated carbocycles. The SMILES string of the molecule is O=C(c1ccc(-n2cc(-c3cc(F)cc(F)c3)cn2)cc1)N1CC(N2CCN(C(=O)c3nccs3)CC2)C1. The van der Waals surface area contributed by atoms with Crippen LogP contribution in [-0.4, -0.2) is 86.6 Å². The smallest absolute Gasteiger partial charge is 0.282 e. The van der Waals surface area contributed by atoms with Gasteiger partial charge in [0.15, 0.2) is 5.01 Å². The van der Waals surface area contributed by atoms with E-state index in [1.807, 2.05) is 15.2 Å². The lowest BCUT2D eigenvalue weighted by Gasteiger charge is -2.48. The molecule has 0 bridgehead atoms. The van der Waals surface area contributed by atoms with Crippen LogP contribution in [0.1, 0.15) is 20.2 Å². The van der Waals surface area contributed by atoms with E-state index in [-0.39, 0.29) is 11.8 Å². The summed E-state index contributed by atoms with van der Waals surface area (Å²) < 4.78 is 28.7. The molecular formula is C27H24F2N6O2S. The maximum atomic E-state index is 13.6. The number of benzene rings is 2. The molecule has 2 aromatic heterocycles. The van der Waals surface area contributed by atoms with E-state index < -0.39 is 11.6 Å². The molecule has 11 heteroatoms. The quantitative estimate of drug-likeness (QED) is 0.392. The molecule has 38 heavy (non-hydrogen) atoms. The van der Waals surface area contributed by atoms with Crippen molar-refractivity contribution in [2.45, 2.75) is 6.04 Å². The topological polar surface area (TPSA) is 74.6 Å². The maximum absolute atomic E-state index is 13.6. The Hall–Kier alpha value is -3.96. The molecule has 0 spiro atoms. The number of amides is 2. The summed E-state index contributed by atoms with van der Waals surface area (Å²) in [4.78, 5) is 35.6. The number of halogens is 2. The summed E-state index contributed by atoms with van der Waals surface area (Å²) in [5, 5.41) is 6.63. The number of hydrogen-bond donors (Lipinski definition) is 0. The Balaban J connectivity index is 1.02. The normalized spacial score (nSPS) is 16.5. The monoisotopic (exact) mass is 534 g/mol. The van der Waals surface area contributed by atoms with Crippen LogP contribution in [0, 0.1) is 11.6 Å². The van der Waals surface area contributed by atoms with Crippen LogP contribution in [0.3, 0.4) is 0 Å². The zero-order valence-corrected chi connectivity index (χ0v) is 21.2. The number of nitrogens with zero attached hydrogens (tertiary/aromatic N) is 6. The lowest BCUT2D eigenvalue weighted by atomic mass is 10.0.